The Labute approximate surface area is 123 Å². The molecule has 2 heterocycles. The van der Waals surface area contributed by atoms with E-state index >= 15 is 0 Å². The van der Waals surface area contributed by atoms with Gasteiger partial charge in [0.1, 0.15) is 5.82 Å². The van der Waals surface area contributed by atoms with Crippen molar-refractivity contribution in [2.75, 3.05) is 19.6 Å². The first-order valence-electron chi connectivity index (χ1n) is 7.85. The van der Waals surface area contributed by atoms with Crippen LogP contribution in [0.3, 0.4) is 0 Å². The maximum absolute atomic E-state index is 4.44. The predicted molar refractivity (Wildman–Crippen MR) is 83.8 cm³/mol. The number of rotatable bonds is 4. The maximum atomic E-state index is 4.44. The van der Waals surface area contributed by atoms with Crippen molar-refractivity contribution in [3.63, 3.8) is 0 Å². The lowest BCUT2D eigenvalue weighted by molar-refractivity contribution is 0.0840. The Morgan fingerprint density at radius 3 is 2.70 bits per heavy atom. The number of hydrogen-bond donors (Lipinski definition) is 1. The minimum Gasteiger partial charge on any atom is -0.338 e. The zero-order chi connectivity index (χ0) is 14.8. The zero-order valence-corrected chi connectivity index (χ0v) is 13.7. The van der Waals surface area contributed by atoms with Crippen molar-refractivity contribution in [3.8, 4) is 0 Å². The fourth-order valence-electron chi connectivity index (χ4n) is 2.99. The summed E-state index contributed by atoms with van der Waals surface area (Å²) >= 11 is 0. The highest BCUT2D eigenvalue weighted by molar-refractivity contribution is 4.95. The van der Waals surface area contributed by atoms with Crippen LogP contribution in [0.1, 0.15) is 39.9 Å². The molecule has 0 bridgehead atoms. The molecule has 1 aromatic rings. The Balaban J connectivity index is 1.97. The van der Waals surface area contributed by atoms with Crippen LogP contribution in [0, 0.1) is 5.41 Å². The van der Waals surface area contributed by atoms with Crippen molar-refractivity contribution < 1.29 is 0 Å². The Hall–Kier alpha value is -0.870. The molecule has 2 rings (SSSR count). The molecule has 1 aliphatic heterocycles. The second-order valence-electron chi connectivity index (χ2n) is 7.09. The lowest BCUT2D eigenvalue weighted by Crippen LogP contribution is -2.60. The van der Waals surface area contributed by atoms with Crippen LogP contribution in [0.2, 0.25) is 0 Å². The van der Waals surface area contributed by atoms with Gasteiger partial charge in [-0.25, -0.2) is 4.98 Å². The summed E-state index contributed by atoms with van der Waals surface area (Å²) in [6.07, 6.45) is 6.17. The SMILES string of the molecule is CCC1CNC(C(C)(C)C)CN1CCc1nccn1C. The number of piperazine rings is 1. The normalized spacial score (nSPS) is 25.1. The summed E-state index contributed by atoms with van der Waals surface area (Å²) in [5, 5.41) is 3.73. The van der Waals surface area contributed by atoms with Gasteiger partial charge < -0.3 is 9.88 Å². The van der Waals surface area contributed by atoms with Crippen LogP contribution in [0.25, 0.3) is 0 Å². The van der Waals surface area contributed by atoms with Crippen LogP contribution in [0.5, 0.6) is 0 Å². The van der Waals surface area contributed by atoms with Crippen LogP contribution < -0.4 is 5.32 Å². The van der Waals surface area contributed by atoms with Gasteiger partial charge in [-0.05, 0) is 11.8 Å². The molecule has 0 aromatic carbocycles. The van der Waals surface area contributed by atoms with E-state index in [-0.39, 0.29) is 0 Å². The monoisotopic (exact) mass is 278 g/mol. The van der Waals surface area contributed by atoms with Gasteiger partial charge in [0, 0.05) is 57.6 Å². The molecular weight excluding hydrogens is 248 g/mol. The van der Waals surface area contributed by atoms with Gasteiger partial charge in [-0.15, -0.1) is 0 Å². The highest BCUT2D eigenvalue weighted by atomic mass is 15.2. The van der Waals surface area contributed by atoms with Crippen molar-refractivity contribution in [1.29, 1.82) is 0 Å². The molecule has 0 radical (unpaired) electrons. The second-order valence-corrected chi connectivity index (χ2v) is 7.09. The van der Waals surface area contributed by atoms with E-state index in [0.29, 0.717) is 17.5 Å². The van der Waals surface area contributed by atoms with E-state index in [1.165, 1.54) is 12.2 Å². The fourth-order valence-corrected chi connectivity index (χ4v) is 2.99. The average Bonchev–Trinajstić information content (AvgIpc) is 2.80. The molecule has 0 aliphatic carbocycles. The van der Waals surface area contributed by atoms with Gasteiger partial charge in [-0.2, -0.15) is 0 Å². The van der Waals surface area contributed by atoms with E-state index in [9.17, 15) is 0 Å². The maximum Gasteiger partial charge on any atom is 0.109 e. The van der Waals surface area contributed by atoms with Crippen LogP contribution in [0.15, 0.2) is 12.4 Å². The number of hydrogen-bond acceptors (Lipinski definition) is 3. The predicted octanol–water partition coefficient (Wildman–Crippen LogP) is 2.06. The van der Waals surface area contributed by atoms with E-state index in [4.69, 9.17) is 0 Å². The largest absolute Gasteiger partial charge is 0.338 e. The zero-order valence-electron chi connectivity index (χ0n) is 13.7. The Morgan fingerprint density at radius 2 is 2.15 bits per heavy atom. The molecule has 1 fully saturated rings. The van der Waals surface area contributed by atoms with E-state index in [2.05, 4.69) is 54.5 Å². The molecule has 0 saturated carbocycles. The topological polar surface area (TPSA) is 33.1 Å². The highest BCUT2D eigenvalue weighted by Gasteiger charge is 2.33. The first kappa shape index (κ1) is 15.5. The van der Waals surface area contributed by atoms with Crippen molar-refractivity contribution >= 4 is 0 Å². The smallest absolute Gasteiger partial charge is 0.109 e. The summed E-state index contributed by atoms with van der Waals surface area (Å²) in [5.74, 6) is 1.19. The molecule has 0 spiro atoms. The van der Waals surface area contributed by atoms with Crippen molar-refractivity contribution in [2.45, 2.75) is 52.6 Å². The minimum absolute atomic E-state index is 0.320. The van der Waals surface area contributed by atoms with Crippen molar-refractivity contribution in [3.05, 3.63) is 18.2 Å². The molecule has 1 N–H and O–H groups in total. The third-order valence-corrected chi connectivity index (χ3v) is 4.59. The number of nitrogens with zero attached hydrogens (tertiary/aromatic N) is 3. The lowest BCUT2D eigenvalue weighted by Gasteiger charge is -2.45. The number of imidazole rings is 1. The van der Waals surface area contributed by atoms with Crippen LogP contribution in [-0.2, 0) is 13.5 Å². The van der Waals surface area contributed by atoms with E-state index < -0.39 is 0 Å². The average molecular weight is 278 g/mol. The Kier molecular flexibility index (Phi) is 4.86. The summed E-state index contributed by atoms with van der Waals surface area (Å²) in [5.41, 5.74) is 0.320. The van der Waals surface area contributed by atoms with E-state index in [1.54, 1.807) is 0 Å². The summed E-state index contributed by atoms with van der Waals surface area (Å²) in [7, 11) is 2.08. The molecule has 2 atom stereocenters. The summed E-state index contributed by atoms with van der Waals surface area (Å²) < 4.78 is 2.13. The van der Waals surface area contributed by atoms with Gasteiger partial charge in [-0.1, -0.05) is 27.7 Å². The van der Waals surface area contributed by atoms with E-state index in [0.717, 1.165) is 26.1 Å². The van der Waals surface area contributed by atoms with Crippen LogP contribution in [0.4, 0.5) is 0 Å². The third kappa shape index (κ3) is 3.61. The van der Waals surface area contributed by atoms with Gasteiger partial charge in [0.2, 0.25) is 0 Å². The van der Waals surface area contributed by atoms with Crippen molar-refractivity contribution in [2.24, 2.45) is 12.5 Å². The number of aromatic nitrogens is 2. The van der Waals surface area contributed by atoms with Crippen LogP contribution in [-0.4, -0.2) is 46.2 Å². The molecule has 4 nitrogen and oxygen atoms in total. The summed E-state index contributed by atoms with van der Waals surface area (Å²) in [6.45, 7) is 12.6. The molecule has 114 valence electrons. The highest BCUT2D eigenvalue weighted by Crippen LogP contribution is 2.24. The lowest BCUT2D eigenvalue weighted by atomic mass is 9.84. The molecule has 1 aliphatic rings. The molecule has 20 heavy (non-hydrogen) atoms. The molecule has 1 saturated heterocycles. The summed E-state index contributed by atoms with van der Waals surface area (Å²) in [4.78, 5) is 7.09. The standard InChI is InChI=1S/C16H30N4/c1-6-13-11-18-14(16(2,3)4)12-20(13)9-7-15-17-8-10-19(15)5/h8,10,13-14,18H,6-7,9,11-12H2,1-5H3. The molecule has 1 aromatic heterocycles. The number of aryl methyl sites for hydroxylation is 1. The molecule has 2 unspecified atom stereocenters. The van der Waals surface area contributed by atoms with Gasteiger partial charge in [0.05, 0.1) is 0 Å². The second kappa shape index (κ2) is 6.27. The Morgan fingerprint density at radius 1 is 1.40 bits per heavy atom. The first-order chi connectivity index (χ1) is 9.41. The summed E-state index contributed by atoms with van der Waals surface area (Å²) in [6, 6.07) is 1.24. The fraction of sp³-hybridized carbons (Fsp3) is 0.812. The van der Waals surface area contributed by atoms with Gasteiger partial charge in [0.25, 0.3) is 0 Å². The minimum atomic E-state index is 0.320. The van der Waals surface area contributed by atoms with Gasteiger partial charge in [0.15, 0.2) is 0 Å². The van der Waals surface area contributed by atoms with Crippen molar-refractivity contribution in [1.82, 2.24) is 19.8 Å². The molecule has 4 heteroatoms. The van der Waals surface area contributed by atoms with Gasteiger partial charge in [-0.3, -0.25) is 4.90 Å². The Bertz CT molecular complexity index is 418. The van der Waals surface area contributed by atoms with Gasteiger partial charge >= 0.3 is 0 Å². The van der Waals surface area contributed by atoms with Crippen LogP contribution >= 0.6 is 0 Å². The molecular formula is C16H30N4. The first-order valence-corrected chi connectivity index (χ1v) is 7.85. The molecule has 0 amide bonds. The quantitative estimate of drug-likeness (QED) is 0.915. The van der Waals surface area contributed by atoms with E-state index in [1.807, 2.05) is 12.4 Å². The third-order valence-electron chi connectivity index (χ3n) is 4.59. The number of nitrogens with one attached hydrogen (secondary N) is 1.